The molecule has 0 radical (unpaired) electrons. The van der Waals surface area contributed by atoms with Crippen LogP contribution < -0.4 is 9.13 Å². The number of hydrogen-bond acceptors (Lipinski definition) is 8. The van der Waals surface area contributed by atoms with Gasteiger partial charge in [0.05, 0.1) is 0 Å². The molecule has 0 saturated carbocycles. The molecule has 29 heavy (non-hydrogen) atoms. The van der Waals surface area contributed by atoms with Crippen LogP contribution in [0, 0.1) is 0 Å². The Morgan fingerprint density at radius 3 is 1.34 bits per heavy atom. The van der Waals surface area contributed by atoms with Gasteiger partial charge in [-0.3, -0.25) is 8.42 Å². The molecule has 0 atom stereocenters. The van der Waals surface area contributed by atoms with Crippen LogP contribution >= 0.6 is 46.2 Å². The normalized spacial score (nSPS) is 11.0. The van der Waals surface area contributed by atoms with E-state index in [0.717, 1.165) is 0 Å². The quantitative estimate of drug-likeness (QED) is 0.186. The molecule has 0 amide bonds. The average Bonchev–Trinajstić information content (AvgIpc) is 3.18. The maximum atomic E-state index is 8.52. The SMILES string of the molecule is CSc1sc2ccccc2[n+]1C.CSc1sc2ccccc2[n+]1C.O=S(=O)([O-])[O-]. The smallest absolute Gasteiger partial charge is 0.297 e. The van der Waals surface area contributed by atoms with Crippen LogP contribution in [0.25, 0.3) is 20.4 Å². The van der Waals surface area contributed by atoms with Gasteiger partial charge in [-0.05, 0) is 48.2 Å². The average molecular weight is 489 g/mol. The summed E-state index contributed by atoms with van der Waals surface area (Å²) in [4.78, 5) is 0. The number of aromatic nitrogens is 2. The minimum absolute atomic E-state index is 1.33. The van der Waals surface area contributed by atoms with Gasteiger partial charge in [0.25, 0.3) is 8.68 Å². The summed E-state index contributed by atoms with van der Waals surface area (Å²) in [5, 5.41) is 0. The predicted molar refractivity (Wildman–Crippen MR) is 120 cm³/mol. The Labute approximate surface area is 186 Å². The third kappa shape index (κ3) is 6.92. The Balaban J connectivity index is 0.000000170. The van der Waals surface area contributed by atoms with Crippen molar-refractivity contribution in [3.63, 3.8) is 0 Å². The molecule has 4 rings (SSSR count). The molecule has 2 aromatic heterocycles. The minimum Gasteiger partial charge on any atom is -0.759 e. The summed E-state index contributed by atoms with van der Waals surface area (Å²) < 4.78 is 44.0. The van der Waals surface area contributed by atoms with Crippen molar-refractivity contribution in [2.75, 3.05) is 12.5 Å². The van der Waals surface area contributed by atoms with Gasteiger partial charge in [0.2, 0.25) is 11.0 Å². The van der Waals surface area contributed by atoms with Crippen molar-refractivity contribution in [3.8, 4) is 0 Å². The number of nitrogens with zero attached hydrogens (tertiary/aromatic N) is 2. The second-order valence-corrected chi connectivity index (χ2v) is 10.6. The van der Waals surface area contributed by atoms with E-state index in [1.54, 1.807) is 23.5 Å². The van der Waals surface area contributed by atoms with E-state index >= 15 is 0 Å². The number of rotatable bonds is 2. The first-order chi connectivity index (χ1) is 13.7. The monoisotopic (exact) mass is 488 g/mol. The van der Waals surface area contributed by atoms with E-state index in [-0.39, 0.29) is 0 Å². The number of hydrogen-bond donors (Lipinski definition) is 0. The molecule has 156 valence electrons. The maximum Gasteiger partial charge on any atom is 0.297 e. The highest BCUT2D eigenvalue weighted by atomic mass is 32.3. The molecule has 0 aliphatic rings. The molecule has 0 aliphatic heterocycles. The third-order valence-corrected chi connectivity index (χ3v) is 8.52. The van der Waals surface area contributed by atoms with Crippen molar-refractivity contribution in [2.24, 2.45) is 14.1 Å². The lowest BCUT2D eigenvalue weighted by Gasteiger charge is -2.06. The Morgan fingerprint density at radius 1 is 0.759 bits per heavy atom. The highest BCUT2D eigenvalue weighted by molar-refractivity contribution is 8.00. The molecular formula is C18H20N2O4S5. The molecule has 11 heteroatoms. The fourth-order valence-electron chi connectivity index (χ4n) is 2.52. The van der Waals surface area contributed by atoms with Gasteiger partial charge in [0.1, 0.15) is 23.5 Å². The van der Waals surface area contributed by atoms with Crippen LogP contribution in [0.2, 0.25) is 0 Å². The lowest BCUT2D eigenvalue weighted by Crippen LogP contribution is -2.27. The van der Waals surface area contributed by atoms with E-state index in [4.69, 9.17) is 17.5 Å². The summed E-state index contributed by atoms with van der Waals surface area (Å²) in [6, 6.07) is 17.0. The Hall–Kier alpha value is -1.21. The zero-order valence-electron chi connectivity index (χ0n) is 16.2. The van der Waals surface area contributed by atoms with Gasteiger partial charge in [-0.25, -0.2) is 0 Å². The Kier molecular flexibility index (Phi) is 8.89. The van der Waals surface area contributed by atoms with Crippen molar-refractivity contribution in [2.45, 2.75) is 8.68 Å². The van der Waals surface area contributed by atoms with Gasteiger partial charge in [-0.1, -0.05) is 46.9 Å². The first-order valence-electron chi connectivity index (χ1n) is 8.15. The summed E-state index contributed by atoms with van der Waals surface area (Å²) in [6.07, 6.45) is 4.23. The van der Waals surface area contributed by atoms with Crippen molar-refractivity contribution in [3.05, 3.63) is 48.5 Å². The van der Waals surface area contributed by atoms with Crippen LogP contribution in [0.4, 0.5) is 0 Å². The van der Waals surface area contributed by atoms with Crippen LogP contribution in [-0.4, -0.2) is 30.0 Å². The molecule has 6 nitrogen and oxygen atoms in total. The summed E-state index contributed by atoms with van der Waals surface area (Å²) >= 11 is 7.30. The summed E-state index contributed by atoms with van der Waals surface area (Å²) in [5.41, 5.74) is 2.65. The Bertz CT molecular complexity index is 1110. The van der Waals surface area contributed by atoms with E-state index in [2.05, 4.69) is 84.3 Å². The van der Waals surface area contributed by atoms with E-state index in [1.807, 2.05) is 22.7 Å². The van der Waals surface area contributed by atoms with Gasteiger partial charge in [0, 0.05) is 22.5 Å². The maximum absolute atomic E-state index is 8.52. The topological polar surface area (TPSA) is 88.0 Å². The van der Waals surface area contributed by atoms with E-state index in [1.165, 1.54) is 29.1 Å². The van der Waals surface area contributed by atoms with Gasteiger partial charge in [-0.2, -0.15) is 9.13 Å². The highest BCUT2D eigenvalue weighted by Crippen LogP contribution is 2.26. The lowest BCUT2D eigenvalue weighted by molar-refractivity contribution is -0.676. The summed E-state index contributed by atoms with van der Waals surface area (Å²) in [7, 11) is -0.935. The van der Waals surface area contributed by atoms with Gasteiger partial charge < -0.3 is 9.11 Å². The van der Waals surface area contributed by atoms with Crippen molar-refractivity contribution in [1.82, 2.24) is 0 Å². The van der Waals surface area contributed by atoms with Gasteiger partial charge in [0.15, 0.2) is 0 Å². The number of thioether (sulfide) groups is 2. The van der Waals surface area contributed by atoms with Crippen LogP contribution in [0.3, 0.4) is 0 Å². The molecule has 0 aliphatic carbocycles. The van der Waals surface area contributed by atoms with E-state index in [9.17, 15) is 0 Å². The highest BCUT2D eigenvalue weighted by Gasteiger charge is 2.15. The summed E-state index contributed by atoms with van der Waals surface area (Å²) in [6.45, 7) is 0. The lowest BCUT2D eigenvalue weighted by atomic mass is 10.3. The molecule has 0 saturated heterocycles. The second-order valence-electron chi connectivity index (χ2n) is 5.61. The zero-order chi connectivity index (χ0) is 21.6. The Morgan fingerprint density at radius 2 is 1.07 bits per heavy atom. The number of fused-ring (bicyclic) bond motifs is 2. The number of benzene rings is 2. The fourth-order valence-corrected chi connectivity index (χ4v) is 6.23. The number of aryl methyl sites for hydroxylation is 2. The van der Waals surface area contributed by atoms with Crippen LogP contribution in [0.1, 0.15) is 0 Å². The fraction of sp³-hybridized carbons (Fsp3) is 0.222. The van der Waals surface area contributed by atoms with Crippen molar-refractivity contribution < 1.29 is 26.7 Å². The van der Waals surface area contributed by atoms with Crippen LogP contribution in [0.5, 0.6) is 0 Å². The first-order valence-corrected chi connectivity index (χ1v) is 13.6. The molecule has 0 bridgehead atoms. The molecule has 2 heterocycles. The molecule has 0 unspecified atom stereocenters. The van der Waals surface area contributed by atoms with Crippen LogP contribution in [-0.2, 0) is 24.5 Å². The summed E-state index contributed by atoms with van der Waals surface area (Å²) in [5.74, 6) is 0. The molecule has 0 fully saturated rings. The molecular weight excluding hydrogens is 469 g/mol. The number of thiazole rings is 2. The van der Waals surface area contributed by atoms with E-state index < -0.39 is 10.4 Å². The number of para-hydroxylation sites is 2. The standard InChI is InChI=1S/2C9H10NS2.H2O4S/c2*1-10-7-5-3-4-6-8(7)12-9(10)11-2;1-5(2,3)4/h2*3-6H,1-2H3;(H2,1,2,3,4)/q2*+1;/p-2. The molecule has 2 aromatic carbocycles. The van der Waals surface area contributed by atoms with Gasteiger partial charge >= 0.3 is 0 Å². The third-order valence-electron chi connectivity index (χ3n) is 3.74. The predicted octanol–water partition coefficient (Wildman–Crippen LogP) is 3.56. The largest absolute Gasteiger partial charge is 0.759 e. The minimum atomic E-state index is -5.17. The molecule has 4 aromatic rings. The van der Waals surface area contributed by atoms with Crippen LogP contribution in [0.15, 0.2) is 57.2 Å². The zero-order valence-corrected chi connectivity index (χ0v) is 20.3. The second kappa shape index (κ2) is 10.7. The molecule has 0 N–H and O–H groups in total. The first kappa shape index (κ1) is 24.1. The van der Waals surface area contributed by atoms with E-state index in [0.29, 0.717) is 0 Å². The van der Waals surface area contributed by atoms with Crippen molar-refractivity contribution >= 4 is 77.0 Å². The van der Waals surface area contributed by atoms with Crippen molar-refractivity contribution in [1.29, 1.82) is 0 Å². The van der Waals surface area contributed by atoms with Gasteiger partial charge in [-0.15, -0.1) is 0 Å². The molecule has 0 spiro atoms.